The van der Waals surface area contributed by atoms with Crippen LogP contribution in [0.4, 0.5) is 0 Å². The third kappa shape index (κ3) is 6.29. The zero-order valence-corrected chi connectivity index (χ0v) is 26.6. The Balaban J connectivity index is 1.77. The Bertz CT molecular complexity index is 1370. The van der Waals surface area contributed by atoms with Gasteiger partial charge >= 0.3 is 0 Å². The second-order valence-corrected chi connectivity index (χ2v) is 11.7. The number of aromatic nitrogens is 2. The van der Waals surface area contributed by atoms with Crippen LogP contribution < -0.4 is 10.6 Å². The van der Waals surface area contributed by atoms with Crippen molar-refractivity contribution in [3.8, 4) is 0 Å². The minimum atomic E-state index is -0.0259. The molecule has 4 rings (SSSR count). The van der Waals surface area contributed by atoms with E-state index in [1.54, 1.807) is 0 Å². The van der Waals surface area contributed by atoms with Crippen molar-refractivity contribution in [1.29, 1.82) is 0 Å². The van der Waals surface area contributed by atoms with E-state index < -0.39 is 0 Å². The second kappa shape index (κ2) is 13.3. The summed E-state index contributed by atoms with van der Waals surface area (Å²) >= 11 is 12.3. The van der Waals surface area contributed by atoms with Gasteiger partial charge in [-0.15, -0.1) is 23.2 Å². The predicted octanol–water partition coefficient (Wildman–Crippen LogP) is 7.29. The van der Waals surface area contributed by atoms with Gasteiger partial charge in [0.2, 0.25) is 0 Å². The molecule has 0 unspecified atom stereocenters. The van der Waals surface area contributed by atoms with E-state index in [-0.39, 0.29) is 11.8 Å². The van der Waals surface area contributed by atoms with Crippen molar-refractivity contribution in [3.63, 3.8) is 0 Å². The first-order valence-corrected chi connectivity index (χ1v) is 15.7. The van der Waals surface area contributed by atoms with E-state index in [9.17, 15) is 9.59 Å². The molecule has 0 saturated carbocycles. The molecule has 2 aromatic rings. The Hall–Kier alpha value is -2.96. The van der Waals surface area contributed by atoms with E-state index in [0.29, 0.717) is 18.2 Å². The van der Waals surface area contributed by atoms with E-state index in [2.05, 4.69) is 60.4 Å². The van der Waals surface area contributed by atoms with Gasteiger partial charge in [-0.1, -0.05) is 13.8 Å². The SMILES string of the molecule is CCC1=C(C)C(=O)N/C1=C\c1[nH]c(Cc2[nH]c(/C=C3\NC(=O)C(C)=C3CC)c(C)c2CCCCl)c(CCCCl)c1C. The van der Waals surface area contributed by atoms with Crippen LogP contribution in [-0.4, -0.2) is 33.5 Å². The topological polar surface area (TPSA) is 89.8 Å². The number of carbonyl (C=O) groups is 2. The maximum Gasteiger partial charge on any atom is 0.251 e. The molecule has 8 heteroatoms. The lowest BCUT2D eigenvalue weighted by Gasteiger charge is -2.07. The van der Waals surface area contributed by atoms with Crippen molar-refractivity contribution in [2.75, 3.05) is 11.8 Å². The molecule has 220 valence electrons. The Kier molecular flexibility index (Phi) is 10.1. The van der Waals surface area contributed by atoms with Gasteiger partial charge in [-0.25, -0.2) is 0 Å². The van der Waals surface area contributed by atoms with Crippen molar-refractivity contribution >= 4 is 47.2 Å². The predicted molar refractivity (Wildman–Crippen MR) is 170 cm³/mol. The normalized spacial score (nSPS) is 17.6. The van der Waals surface area contributed by atoms with Crippen LogP contribution in [0, 0.1) is 13.8 Å². The van der Waals surface area contributed by atoms with Crippen molar-refractivity contribution in [2.45, 2.75) is 86.5 Å². The number of rotatable bonds is 12. The lowest BCUT2D eigenvalue weighted by molar-refractivity contribution is -0.117. The monoisotopic (exact) mass is 596 g/mol. The molecular formula is C33H42Cl2N4O2. The average Bonchev–Trinajstić information content (AvgIpc) is 3.59. The van der Waals surface area contributed by atoms with E-state index in [1.165, 1.54) is 22.3 Å². The van der Waals surface area contributed by atoms with Gasteiger partial charge in [0.25, 0.3) is 11.8 Å². The van der Waals surface area contributed by atoms with Crippen LogP contribution in [0.25, 0.3) is 12.2 Å². The number of hydrogen-bond donors (Lipinski definition) is 4. The number of carbonyl (C=O) groups excluding carboxylic acids is 2. The first-order valence-electron chi connectivity index (χ1n) is 14.6. The fraction of sp³-hybridized carbons (Fsp3) is 0.455. The highest BCUT2D eigenvalue weighted by molar-refractivity contribution is 6.18. The van der Waals surface area contributed by atoms with Crippen molar-refractivity contribution in [3.05, 3.63) is 78.7 Å². The van der Waals surface area contributed by atoms with Gasteiger partial charge in [0.05, 0.1) is 0 Å². The molecular weight excluding hydrogens is 555 g/mol. The third-order valence-corrected chi connectivity index (χ3v) is 9.04. The smallest absolute Gasteiger partial charge is 0.251 e. The molecule has 0 spiro atoms. The van der Waals surface area contributed by atoms with Gasteiger partial charge in [-0.3, -0.25) is 9.59 Å². The highest BCUT2D eigenvalue weighted by Crippen LogP contribution is 2.32. The Labute approximate surface area is 253 Å². The van der Waals surface area contributed by atoms with Gasteiger partial charge in [-0.2, -0.15) is 0 Å². The van der Waals surface area contributed by atoms with Crippen LogP contribution in [0.15, 0.2) is 33.7 Å². The molecule has 2 aromatic heterocycles. The molecule has 0 aromatic carbocycles. The molecule has 4 heterocycles. The fourth-order valence-electron chi connectivity index (χ4n) is 6.08. The number of alkyl halides is 2. The fourth-order valence-corrected chi connectivity index (χ4v) is 6.35. The number of amides is 2. The van der Waals surface area contributed by atoms with Gasteiger partial charge < -0.3 is 20.6 Å². The molecule has 0 saturated heterocycles. The maximum absolute atomic E-state index is 12.4. The number of aromatic amines is 2. The van der Waals surface area contributed by atoms with Gasteiger partial charge in [0.1, 0.15) is 0 Å². The molecule has 2 aliphatic rings. The van der Waals surface area contributed by atoms with Crippen molar-refractivity contribution in [1.82, 2.24) is 20.6 Å². The van der Waals surface area contributed by atoms with E-state index in [0.717, 1.165) is 95.0 Å². The molecule has 0 bridgehead atoms. The summed E-state index contributed by atoms with van der Waals surface area (Å²) < 4.78 is 0. The molecule has 0 radical (unpaired) electrons. The Morgan fingerprint density at radius 1 is 0.659 bits per heavy atom. The van der Waals surface area contributed by atoms with E-state index in [4.69, 9.17) is 23.2 Å². The summed E-state index contributed by atoms with van der Waals surface area (Å²) in [5.41, 5.74) is 14.6. The minimum absolute atomic E-state index is 0.0259. The molecule has 2 aliphatic heterocycles. The molecule has 0 aliphatic carbocycles. The van der Waals surface area contributed by atoms with Crippen molar-refractivity contribution < 1.29 is 9.59 Å². The standard InChI is InChI=1S/C33H42Cl2N4O2/c1-7-22-20(5)32(40)38-28(22)15-26-18(3)24(11-9-13-34)30(36-26)17-31-25(12-10-14-35)19(4)27(37-31)16-29-23(8-2)21(6)33(41)39-29/h15-16,36-37H,7-14,17H2,1-6H3,(H,38,40)(H,39,41)/b28-15-,29-16-. The van der Waals surface area contributed by atoms with Crippen LogP contribution in [0.1, 0.15) is 98.4 Å². The first kappa shape index (κ1) is 31.0. The zero-order chi connectivity index (χ0) is 29.8. The third-order valence-electron chi connectivity index (χ3n) is 8.50. The Morgan fingerprint density at radius 2 is 1.05 bits per heavy atom. The second-order valence-electron chi connectivity index (χ2n) is 10.9. The maximum atomic E-state index is 12.4. The molecule has 2 amide bonds. The molecule has 0 atom stereocenters. The van der Waals surface area contributed by atoms with Crippen molar-refractivity contribution in [2.24, 2.45) is 0 Å². The summed E-state index contributed by atoms with van der Waals surface area (Å²) in [6, 6.07) is 0. The molecule has 4 N–H and O–H groups in total. The van der Waals surface area contributed by atoms with E-state index in [1.807, 2.05) is 13.8 Å². The van der Waals surface area contributed by atoms with Gasteiger partial charge in [-0.05, 0) is 112 Å². The summed E-state index contributed by atoms with van der Waals surface area (Å²) in [7, 11) is 0. The van der Waals surface area contributed by atoms with Gasteiger partial charge in [0, 0.05) is 63.5 Å². The summed E-state index contributed by atoms with van der Waals surface area (Å²) in [6.45, 7) is 12.2. The summed E-state index contributed by atoms with van der Waals surface area (Å²) in [4.78, 5) is 32.1. The lowest BCUT2D eigenvalue weighted by atomic mass is 9.98. The number of allylic oxidation sites excluding steroid dienone is 2. The average molecular weight is 598 g/mol. The molecule has 41 heavy (non-hydrogen) atoms. The van der Waals surface area contributed by atoms with Crippen LogP contribution in [0.2, 0.25) is 0 Å². The van der Waals surface area contributed by atoms with Crippen LogP contribution in [0.5, 0.6) is 0 Å². The lowest BCUT2D eigenvalue weighted by Crippen LogP contribution is -2.15. The number of halogens is 2. The largest absolute Gasteiger partial charge is 0.358 e. The van der Waals surface area contributed by atoms with E-state index >= 15 is 0 Å². The van der Waals surface area contributed by atoms with Crippen LogP contribution in [-0.2, 0) is 28.9 Å². The highest BCUT2D eigenvalue weighted by atomic mass is 35.5. The summed E-state index contributed by atoms with van der Waals surface area (Å²) in [6.07, 6.45) is 9.93. The zero-order valence-electron chi connectivity index (χ0n) is 25.1. The molecule has 6 nitrogen and oxygen atoms in total. The highest BCUT2D eigenvalue weighted by Gasteiger charge is 2.25. The minimum Gasteiger partial charge on any atom is -0.358 e. The first-order chi connectivity index (χ1) is 19.6. The Morgan fingerprint density at radius 3 is 1.39 bits per heavy atom. The summed E-state index contributed by atoms with van der Waals surface area (Å²) in [5.74, 6) is 1.14. The quantitative estimate of drug-likeness (QED) is 0.194. The number of hydrogen-bond acceptors (Lipinski definition) is 2. The van der Waals surface area contributed by atoms with Crippen LogP contribution in [0.3, 0.4) is 0 Å². The number of nitrogens with one attached hydrogen (secondary N) is 4. The van der Waals surface area contributed by atoms with Gasteiger partial charge in [0.15, 0.2) is 0 Å². The summed E-state index contributed by atoms with van der Waals surface area (Å²) in [5, 5.41) is 6.08. The molecule has 0 fully saturated rings. The van der Waals surface area contributed by atoms with Crippen LogP contribution >= 0.6 is 23.2 Å². The number of H-pyrrole nitrogens is 2.